The number of halogens is 3. The Hall–Kier alpha value is 0.180. The molecule has 9 heteroatoms. The lowest BCUT2D eigenvalue weighted by molar-refractivity contribution is -0.246. The maximum atomic E-state index is 9.44. The molecule has 1 aliphatic heterocycles. The average molecular weight is 295 g/mol. The summed E-state index contributed by atoms with van der Waals surface area (Å²) >= 11 is 16.0. The summed E-state index contributed by atoms with van der Waals surface area (Å²) in [5.41, 5.74) is 0. The second-order valence-electron chi connectivity index (χ2n) is 3.19. The molecule has 16 heavy (non-hydrogen) atoms. The minimum atomic E-state index is -2.08. The fraction of sp³-hybridized carbons (Fsp3) is 0.857. The normalized spacial score (nSPS) is 35.9. The number of ether oxygens (including phenoxy) is 2. The van der Waals surface area contributed by atoms with Gasteiger partial charge in [0.25, 0.3) is 3.79 Å². The Morgan fingerprint density at radius 1 is 1.25 bits per heavy atom. The van der Waals surface area contributed by atoms with E-state index in [-0.39, 0.29) is 6.61 Å². The Labute approximate surface area is 106 Å². The van der Waals surface area contributed by atoms with Gasteiger partial charge in [-0.1, -0.05) is 34.8 Å². The first-order valence-electron chi connectivity index (χ1n) is 4.21. The predicted octanol–water partition coefficient (Wildman–Crippen LogP) is -0.211. The van der Waals surface area contributed by atoms with Gasteiger partial charge in [0.15, 0.2) is 0 Å². The molecule has 0 radical (unpaired) electrons. The zero-order chi connectivity index (χ0) is 12.5. The number of hydrogen-bond donors (Lipinski definition) is 4. The van der Waals surface area contributed by atoms with Crippen molar-refractivity contribution < 1.29 is 24.8 Å². The van der Waals surface area contributed by atoms with Crippen LogP contribution in [0.15, 0.2) is 0 Å². The minimum Gasteiger partial charge on any atom is -0.445 e. The molecular formula is C7H10Cl3NO5. The van der Waals surface area contributed by atoms with Crippen LogP contribution >= 0.6 is 34.8 Å². The van der Waals surface area contributed by atoms with Gasteiger partial charge in [0, 0.05) is 0 Å². The topological polar surface area (TPSA) is 103 Å². The van der Waals surface area contributed by atoms with Gasteiger partial charge in [0.1, 0.15) is 18.3 Å². The molecule has 4 atom stereocenters. The van der Waals surface area contributed by atoms with Crippen molar-refractivity contribution in [2.45, 2.75) is 28.4 Å². The van der Waals surface area contributed by atoms with Crippen LogP contribution in [0.4, 0.5) is 0 Å². The van der Waals surface area contributed by atoms with E-state index in [2.05, 4.69) is 0 Å². The molecule has 0 unspecified atom stereocenters. The highest BCUT2D eigenvalue weighted by molar-refractivity contribution is 6.76. The van der Waals surface area contributed by atoms with E-state index < -0.39 is 34.3 Å². The number of aliphatic hydroxyl groups is 3. The van der Waals surface area contributed by atoms with E-state index in [0.717, 1.165) is 0 Å². The molecule has 0 aromatic carbocycles. The van der Waals surface area contributed by atoms with Gasteiger partial charge in [-0.25, -0.2) is 0 Å². The maximum absolute atomic E-state index is 9.44. The van der Waals surface area contributed by atoms with Crippen LogP contribution in [-0.4, -0.2) is 56.2 Å². The van der Waals surface area contributed by atoms with Crippen molar-refractivity contribution in [1.82, 2.24) is 0 Å². The molecule has 1 aliphatic rings. The Morgan fingerprint density at radius 3 is 2.31 bits per heavy atom. The van der Waals surface area contributed by atoms with Crippen molar-refractivity contribution >= 4 is 40.7 Å². The van der Waals surface area contributed by atoms with E-state index in [1.807, 2.05) is 0 Å². The number of aliphatic hydroxyl groups excluding tert-OH is 3. The van der Waals surface area contributed by atoms with Crippen molar-refractivity contribution in [3.05, 3.63) is 0 Å². The van der Waals surface area contributed by atoms with Crippen molar-refractivity contribution in [1.29, 1.82) is 5.41 Å². The molecule has 0 aliphatic carbocycles. The molecule has 1 fully saturated rings. The molecule has 1 saturated heterocycles. The smallest absolute Gasteiger partial charge is 0.265 e. The van der Waals surface area contributed by atoms with Gasteiger partial charge in [-0.15, -0.1) is 0 Å². The summed E-state index contributed by atoms with van der Waals surface area (Å²) in [6.45, 7) is -0.254. The van der Waals surface area contributed by atoms with Crippen LogP contribution in [0.2, 0.25) is 0 Å². The van der Waals surface area contributed by atoms with Crippen LogP contribution in [0.25, 0.3) is 0 Å². The first kappa shape index (κ1) is 14.2. The van der Waals surface area contributed by atoms with Gasteiger partial charge in [0.05, 0.1) is 6.61 Å². The zero-order valence-electron chi connectivity index (χ0n) is 7.81. The Balaban J connectivity index is 2.59. The summed E-state index contributed by atoms with van der Waals surface area (Å²) in [4.78, 5) is 0. The quantitative estimate of drug-likeness (QED) is 0.304. The molecule has 4 N–H and O–H groups in total. The van der Waals surface area contributed by atoms with Crippen molar-refractivity contribution in [3.63, 3.8) is 0 Å². The molecular weight excluding hydrogens is 284 g/mol. The third-order valence-corrected chi connectivity index (χ3v) is 2.46. The first-order valence-corrected chi connectivity index (χ1v) is 5.35. The SMILES string of the molecule is N=C(O[C@H]1OC[C@H](O)[C@H](O)[C@H]1O)C(Cl)(Cl)Cl. The van der Waals surface area contributed by atoms with Crippen LogP contribution < -0.4 is 0 Å². The molecule has 1 heterocycles. The second-order valence-corrected chi connectivity index (χ2v) is 5.48. The highest BCUT2D eigenvalue weighted by atomic mass is 35.6. The number of nitrogens with one attached hydrogen (secondary N) is 1. The van der Waals surface area contributed by atoms with E-state index in [9.17, 15) is 10.2 Å². The van der Waals surface area contributed by atoms with Crippen LogP contribution in [-0.2, 0) is 9.47 Å². The molecule has 0 spiro atoms. The lowest BCUT2D eigenvalue weighted by Gasteiger charge is -2.35. The van der Waals surface area contributed by atoms with Crippen molar-refractivity contribution in [2.75, 3.05) is 6.61 Å². The van der Waals surface area contributed by atoms with Gasteiger partial charge in [-0.05, 0) is 0 Å². The number of alkyl halides is 3. The Morgan fingerprint density at radius 2 is 1.81 bits per heavy atom. The Kier molecular flexibility index (Phi) is 4.65. The molecule has 0 aromatic heterocycles. The van der Waals surface area contributed by atoms with Gasteiger partial charge >= 0.3 is 0 Å². The molecule has 0 bridgehead atoms. The summed E-state index contributed by atoms with van der Waals surface area (Å²) in [7, 11) is 0. The van der Waals surface area contributed by atoms with E-state index in [0.29, 0.717) is 0 Å². The standard InChI is InChI=1S/C7H10Cl3NO5/c8-7(9,10)6(11)16-5-4(14)3(13)2(12)1-15-5/h2-5,11-14H,1H2/t2-,3-,4+,5+/m0/s1. The van der Waals surface area contributed by atoms with Crippen LogP contribution in [0.5, 0.6) is 0 Å². The van der Waals surface area contributed by atoms with E-state index in [4.69, 9.17) is 54.8 Å². The molecule has 6 nitrogen and oxygen atoms in total. The summed E-state index contributed by atoms with van der Waals surface area (Å²) in [5.74, 6) is -0.745. The number of rotatable bonds is 1. The summed E-state index contributed by atoms with van der Waals surface area (Å²) in [6.07, 6.45) is -5.56. The maximum Gasteiger partial charge on any atom is 0.265 e. The second kappa shape index (κ2) is 5.22. The third-order valence-electron chi connectivity index (χ3n) is 1.95. The zero-order valence-corrected chi connectivity index (χ0v) is 10.1. The predicted molar refractivity (Wildman–Crippen MR) is 56.9 cm³/mol. The van der Waals surface area contributed by atoms with E-state index in [1.165, 1.54) is 0 Å². The van der Waals surface area contributed by atoms with Gasteiger partial charge in [0.2, 0.25) is 12.2 Å². The fourth-order valence-corrected chi connectivity index (χ4v) is 1.20. The van der Waals surface area contributed by atoms with Gasteiger partial charge in [-0.2, -0.15) is 0 Å². The first-order chi connectivity index (χ1) is 7.23. The van der Waals surface area contributed by atoms with Crippen LogP contribution in [0.1, 0.15) is 0 Å². The highest BCUT2D eigenvalue weighted by Crippen LogP contribution is 2.29. The largest absolute Gasteiger partial charge is 0.445 e. The summed E-state index contributed by atoms with van der Waals surface area (Å²) in [6, 6.07) is 0. The van der Waals surface area contributed by atoms with Crippen molar-refractivity contribution in [3.8, 4) is 0 Å². The molecule has 0 saturated carbocycles. The summed E-state index contributed by atoms with van der Waals surface area (Å²) < 4.78 is 7.49. The monoisotopic (exact) mass is 293 g/mol. The van der Waals surface area contributed by atoms with E-state index >= 15 is 0 Å². The van der Waals surface area contributed by atoms with E-state index in [1.54, 1.807) is 0 Å². The molecule has 0 amide bonds. The third kappa shape index (κ3) is 3.33. The Bertz CT molecular complexity index is 271. The number of hydrogen-bond acceptors (Lipinski definition) is 6. The van der Waals surface area contributed by atoms with Crippen LogP contribution in [0, 0.1) is 5.41 Å². The highest BCUT2D eigenvalue weighted by Gasteiger charge is 2.41. The molecule has 0 aromatic rings. The van der Waals surface area contributed by atoms with Crippen molar-refractivity contribution in [2.24, 2.45) is 0 Å². The van der Waals surface area contributed by atoms with Crippen LogP contribution in [0.3, 0.4) is 0 Å². The summed E-state index contributed by atoms with van der Waals surface area (Å²) in [5, 5.41) is 35.1. The average Bonchev–Trinajstić information content (AvgIpc) is 2.17. The van der Waals surface area contributed by atoms with Gasteiger partial charge in [-0.3, -0.25) is 5.41 Å². The lowest BCUT2D eigenvalue weighted by atomic mass is 10.1. The molecule has 1 rings (SSSR count). The van der Waals surface area contributed by atoms with Gasteiger partial charge < -0.3 is 24.8 Å². The lowest BCUT2D eigenvalue weighted by Crippen LogP contribution is -2.54. The fourth-order valence-electron chi connectivity index (χ4n) is 1.07. The molecule has 94 valence electrons. The minimum absolute atomic E-state index is 0.254.